The molecule has 140 valence electrons. The summed E-state index contributed by atoms with van der Waals surface area (Å²) in [6.07, 6.45) is 1.01. The minimum absolute atomic E-state index is 0.0407. The molecule has 0 bridgehead atoms. The highest BCUT2D eigenvalue weighted by molar-refractivity contribution is 9.10. The van der Waals surface area contributed by atoms with Crippen LogP contribution in [0.5, 0.6) is 5.75 Å². The zero-order valence-electron chi connectivity index (χ0n) is 15.3. The quantitative estimate of drug-likeness (QED) is 0.530. The minimum Gasteiger partial charge on any atom is -0.493 e. The van der Waals surface area contributed by atoms with Crippen LogP contribution in [0.25, 0.3) is 0 Å². The second-order valence-corrected chi connectivity index (χ2v) is 7.59. The Hall–Kier alpha value is -1.76. The van der Waals surface area contributed by atoms with Crippen molar-refractivity contribution in [3.05, 3.63) is 28.2 Å². The Labute approximate surface area is 157 Å². The van der Waals surface area contributed by atoms with Gasteiger partial charge in [0.1, 0.15) is 16.9 Å². The van der Waals surface area contributed by atoms with E-state index in [1.165, 1.54) is 7.11 Å². The minimum atomic E-state index is -0.516. The first-order valence-corrected chi connectivity index (χ1v) is 8.92. The number of halogens is 1. The third-order valence-electron chi connectivity index (χ3n) is 3.15. The van der Waals surface area contributed by atoms with Crippen LogP contribution in [-0.2, 0) is 9.47 Å². The summed E-state index contributed by atoms with van der Waals surface area (Å²) in [5.74, 6) is 0.0245. The first-order chi connectivity index (χ1) is 11.6. The van der Waals surface area contributed by atoms with E-state index in [1.807, 2.05) is 27.7 Å². The van der Waals surface area contributed by atoms with Crippen molar-refractivity contribution in [2.45, 2.75) is 52.2 Å². The number of amides is 1. The Morgan fingerprint density at radius 2 is 1.96 bits per heavy atom. The first-order valence-electron chi connectivity index (χ1n) is 8.12. The number of rotatable bonds is 7. The van der Waals surface area contributed by atoms with Crippen LogP contribution in [0.15, 0.2) is 22.7 Å². The maximum atomic E-state index is 11.7. The van der Waals surface area contributed by atoms with Crippen molar-refractivity contribution in [3.8, 4) is 5.75 Å². The van der Waals surface area contributed by atoms with Crippen LogP contribution in [0.2, 0.25) is 0 Å². The van der Waals surface area contributed by atoms with E-state index in [0.717, 1.165) is 10.9 Å². The molecular formula is C18H26BrNO5. The van der Waals surface area contributed by atoms with Crippen molar-refractivity contribution >= 4 is 28.0 Å². The normalized spacial score (nSPS) is 12.2. The van der Waals surface area contributed by atoms with Crippen LogP contribution < -0.4 is 10.1 Å². The smallest absolute Gasteiger partial charge is 0.407 e. The van der Waals surface area contributed by atoms with Gasteiger partial charge in [0.2, 0.25) is 0 Å². The Morgan fingerprint density at radius 3 is 2.56 bits per heavy atom. The predicted molar refractivity (Wildman–Crippen MR) is 99.0 cm³/mol. The first kappa shape index (κ1) is 21.3. The van der Waals surface area contributed by atoms with Gasteiger partial charge in [0.25, 0.3) is 0 Å². The SMILES string of the molecule is COC(=O)c1ccc(Br)cc1OCCCC(C)NC(=O)OC(C)(C)C. The van der Waals surface area contributed by atoms with Crippen molar-refractivity contribution in [1.29, 1.82) is 0 Å². The summed E-state index contributed by atoms with van der Waals surface area (Å²) in [4.78, 5) is 23.4. The summed E-state index contributed by atoms with van der Waals surface area (Å²) < 4.78 is 16.5. The number of nitrogens with one attached hydrogen (secondary N) is 1. The average molecular weight is 416 g/mol. The van der Waals surface area contributed by atoms with E-state index >= 15 is 0 Å². The van der Waals surface area contributed by atoms with Gasteiger partial charge >= 0.3 is 12.1 Å². The number of ether oxygens (including phenoxy) is 3. The molecule has 0 aliphatic heterocycles. The Morgan fingerprint density at radius 1 is 1.28 bits per heavy atom. The molecule has 0 spiro atoms. The van der Waals surface area contributed by atoms with Crippen molar-refractivity contribution in [3.63, 3.8) is 0 Å². The van der Waals surface area contributed by atoms with Crippen molar-refractivity contribution in [2.24, 2.45) is 0 Å². The summed E-state index contributed by atoms with van der Waals surface area (Å²) >= 11 is 3.36. The van der Waals surface area contributed by atoms with Gasteiger partial charge < -0.3 is 19.5 Å². The summed E-state index contributed by atoms with van der Waals surface area (Å²) in [6.45, 7) is 7.79. The number of carbonyl (C=O) groups is 2. The third-order valence-corrected chi connectivity index (χ3v) is 3.64. The Kier molecular flexibility index (Phi) is 8.22. The number of alkyl carbamates (subject to hydrolysis) is 1. The molecule has 1 unspecified atom stereocenters. The zero-order valence-corrected chi connectivity index (χ0v) is 16.9. The summed E-state index contributed by atoms with van der Waals surface area (Å²) in [5, 5.41) is 2.78. The topological polar surface area (TPSA) is 73.9 Å². The summed E-state index contributed by atoms with van der Waals surface area (Å²) in [7, 11) is 1.33. The summed E-state index contributed by atoms with van der Waals surface area (Å²) in [6, 6.07) is 5.10. The number of esters is 1. The molecule has 1 amide bonds. The van der Waals surface area contributed by atoms with E-state index in [9.17, 15) is 9.59 Å². The second kappa shape index (κ2) is 9.65. The maximum Gasteiger partial charge on any atom is 0.407 e. The molecule has 1 aromatic rings. The van der Waals surface area contributed by atoms with E-state index in [4.69, 9.17) is 14.2 Å². The molecule has 1 rings (SSSR count). The van der Waals surface area contributed by atoms with Crippen LogP contribution >= 0.6 is 15.9 Å². The molecule has 7 heteroatoms. The molecule has 0 aromatic heterocycles. The van der Waals surface area contributed by atoms with E-state index < -0.39 is 17.7 Å². The van der Waals surface area contributed by atoms with Gasteiger partial charge in [-0.3, -0.25) is 0 Å². The lowest BCUT2D eigenvalue weighted by atomic mass is 10.2. The van der Waals surface area contributed by atoms with Gasteiger partial charge in [-0.1, -0.05) is 15.9 Å². The molecule has 0 saturated heterocycles. The van der Waals surface area contributed by atoms with Crippen LogP contribution in [0.4, 0.5) is 4.79 Å². The lowest BCUT2D eigenvalue weighted by molar-refractivity contribution is 0.0503. The maximum absolute atomic E-state index is 11.7. The molecule has 0 heterocycles. The fourth-order valence-electron chi connectivity index (χ4n) is 2.05. The number of hydrogen-bond donors (Lipinski definition) is 1. The number of hydrogen-bond acceptors (Lipinski definition) is 5. The van der Waals surface area contributed by atoms with Gasteiger partial charge in [-0.25, -0.2) is 9.59 Å². The van der Waals surface area contributed by atoms with Crippen molar-refractivity contribution < 1.29 is 23.8 Å². The van der Waals surface area contributed by atoms with Gasteiger partial charge in [-0.05, 0) is 58.7 Å². The highest BCUT2D eigenvalue weighted by Crippen LogP contribution is 2.24. The molecule has 0 aliphatic carbocycles. The lowest BCUT2D eigenvalue weighted by Crippen LogP contribution is -2.37. The molecule has 0 aliphatic rings. The monoisotopic (exact) mass is 415 g/mol. The van der Waals surface area contributed by atoms with Crippen LogP contribution in [-0.4, -0.2) is 37.4 Å². The van der Waals surface area contributed by atoms with E-state index in [0.29, 0.717) is 24.3 Å². The molecule has 6 nitrogen and oxygen atoms in total. The van der Waals surface area contributed by atoms with E-state index in [2.05, 4.69) is 21.2 Å². The van der Waals surface area contributed by atoms with Gasteiger partial charge in [-0.15, -0.1) is 0 Å². The van der Waals surface area contributed by atoms with Crippen molar-refractivity contribution in [2.75, 3.05) is 13.7 Å². The summed E-state index contributed by atoms with van der Waals surface area (Å²) in [5.41, 5.74) is -0.136. The number of benzene rings is 1. The Bertz CT molecular complexity index is 598. The number of methoxy groups -OCH3 is 1. The number of carbonyl (C=O) groups excluding carboxylic acids is 2. The van der Waals surface area contributed by atoms with Gasteiger partial charge in [-0.2, -0.15) is 0 Å². The van der Waals surface area contributed by atoms with Gasteiger partial charge in [0, 0.05) is 10.5 Å². The van der Waals surface area contributed by atoms with Gasteiger partial charge in [0.15, 0.2) is 0 Å². The second-order valence-electron chi connectivity index (χ2n) is 6.67. The zero-order chi connectivity index (χ0) is 19.0. The molecular weight excluding hydrogens is 390 g/mol. The standard InChI is InChI=1S/C18H26BrNO5/c1-12(20-17(22)25-18(2,3)4)7-6-10-24-15-11-13(19)8-9-14(15)16(21)23-5/h8-9,11-12H,6-7,10H2,1-5H3,(H,20,22). The van der Waals surface area contributed by atoms with E-state index in [1.54, 1.807) is 18.2 Å². The van der Waals surface area contributed by atoms with E-state index in [-0.39, 0.29) is 6.04 Å². The van der Waals surface area contributed by atoms with Crippen LogP contribution in [0.3, 0.4) is 0 Å². The lowest BCUT2D eigenvalue weighted by Gasteiger charge is -2.22. The highest BCUT2D eigenvalue weighted by Gasteiger charge is 2.18. The fourth-order valence-corrected chi connectivity index (χ4v) is 2.39. The molecule has 1 atom stereocenters. The Balaban J connectivity index is 2.44. The average Bonchev–Trinajstić information content (AvgIpc) is 2.49. The predicted octanol–water partition coefficient (Wildman–Crippen LogP) is 4.31. The van der Waals surface area contributed by atoms with Gasteiger partial charge in [0.05, 0.1) is 13.7 Å². The van der Waals surface area contributed by atoms with Crippen molar-refractivity contribution in [1.82, 2.24) is 5.32 Å². The molecule has 0 saturated carbocycles. The molecule has 25 heavy (non-hydrogen) atoms. The van der Waals surface area contributed by atoms with Crippen LogP contribution in [0.1, 0.15) is 50.9 Å². The third kappa shape index (κ3) is 8.25. The molecule has 0 radical (unpaired) electrons. The molecule has 1 N–H and O–H groups in total. The fraction of sp³-hybridized carbons (Fsp3) is 0.556. The molecule has 0 fully saturated rings. The largest absolute Gasteiger partial charge is 0.493 e. The highest BCUT2D eigenvalue weighted by atomic mass is 79.9. The van der Waals surface area contributed by atoms with Crippen LogP contribution in [0, 0.1) is 0 Å². The molecule has 1 aromatic carbocycles.